The van der Waals surface area contributed by atoms with Crippen LogP contribution in [-0.4, -0.2) is 33.2 Å². The van der Waals surface area contributed by atoms with E-state index in [1.807, 2.05) is 45.0 Å². The number of ether oxygens (including phenoxy) is 1. The molecule has 0 aliphatic carbocycles. The van der Waals surface area contributed by atoms with E-state index in [9.17, 15) is 13.2 Å². The van der Waals surface area contributed by atoms with Gasteiger partial charge in [0.25, 0.3) is 0 Å². The second kappa shape index (κ2) is 9.78. The molecule has 0 fully saturated rings. The third kappa shape index (κ3) is 5.73. The van der Waals surface area contributed by atoms with E-state index in [-0.39, 0.29) is 11.8 Å². The summed E-state index contributed by atoms with van der Waals surface area (Å²) in [6.07, 6.45) is 1.44. The standard InChI is InChI=1S/C22H30N2O4S/c1-6-21(22(25)23-20-11-9-8-10-19(20)16(3)4)24(29(5,26)27)17-12-14-18(15-13-17)28-7-2/h8-16,21H,6-7H2,1-5H3,(H,23,25)/t21-/m1/s1. The van der Waals surface area contributed by atoms with Crippen molar-refractivity contribution >= 4 is 27.3 Å². The molecule has 2 rings (SSSR count). The number of anilines is 2. The van der Waals surface area contributed by atoms with Crippen LogP contribution in [0.2, 0.25) is 0 Å². The predicted molar refractivity (Wildman–Crippen MR) is 118 cm³/mol. The molecule has 0 radical (unpaired) electrons. The quantitative estimate of drug-likeness (QED) is 0.655. The van der Waals surface area contributed by atoms with Crippen LogP contribution in [0, 0.1) is 0 Å². The van der Waals surface area contributed by atoms with Gasteiger partial charge < -0.3 is 10.1 Å². The van der Waals surface area contributed by atoms with Gasteiger partial charge in [-0.1, -0.05) is 39.0 Å². The fraction of sp³-hybridized carbons (Fsp3) is 0.409. The van der Waals surface area contributed by atoms with Gasteiger partial charge in [0, 0.05) is 5.69 Å². The van der Waals surface area contributed by atoms with Gasteiger partial charge in [0.15, 0.2) is 0 Å². The highest BCUT2D eigenvalue weighted by Gasteiger charge is 2.32. The lowest BCUT2D eigenvalue weighted by Gasteiger charge is -2.30. The SMILES string of the molecule is CCOc1ccc(N([C@H](CC)C(=O)Nc2ccccc2C(C)C)S(C)(=O)=O)cc1. The molecule has 0 saturated heterocycles. The number of nitrogens with one attached hydrogen (secondary N) is 1. The molecule has 2 aromatic carbocycles. The number of nitrogens with zero attached hydrogens (tertiary/aromatic N) is 1. The summed E-state index contributed by atoms with van der Waals surface area (Å²) in [5.74, 6) is 0.511. The summed E-state index contributed by atoms with van der Waals surface area (Å²) < 4.78 is 31.8. The molecule has 1 atom stereocenters. The van der Waals surface area contributed by atoms with Gasteiger partial charge in [0.2, 0.25) is 15.9 Å². The molecule has 158 valence electrons. The van der Waals surface area contributed by atoms with Crippen LogP contribution in [0.5, 0.6) is 5.75 Å². The molecule has 7 heteroatoms. The van der Waals surface area contributed by atoms with Crippen molar-refractivity contribution in [2.75, 3.05) is 22.5 Å². The summed E-state index contributed by atoms with van der Waals surface area (Å²) in [6.45, 7) is 8.29. The second-order valence-corrected chi connectivity index (χ2v) is 9.00. The summed E-state index contributed by atoms with van der Waals surface area (Å²) >= 11 is 0. The molecule has 0 unspecified atom stereocenters. The highest BCUT2D eigenvalue weighted by atomic mass is 32.2. The Morgan fingerprint density at radius 3 is 2.21 bits per heavy atom. The number of carbonyl (C=O) groups excluding carboxylic acids is 1. The van der Waals surface area contributed by atoms with Crippen LogP contribution in [0.25, 0.3) is 0 Å². The molecule has 0 spiro atoms. The molecule has 6 nitrogen and oxygen atoms in total. The Morgan fingerprint density at radius 1 is 1.07 bits per heavy atom. The van der Waals surface area contributed by atoms with Crippen LogP contribution in [0.1, 0.15) is 45.6 Å². The van der Waals surface area contributed by atoms with Gasteiger partial charge in [0.1, 0.15) is 11.8 Å². The first-order valence-electron chi connectivity index (χ1n) is 9.81. The minimum atomic E-state index is -3.69. The zero-order valence-corrected chi connectivity index (χ0v) is 18.5. The number of benzene rings is 2. The molecule has 0 aliphatic rings. The van der Waals surface area contributed by atoms with Crippen molar-refractivity contribution in [2.45, 2.75) is 46.1 Å². The summed E-state index contributed by atoms with van der Waals surface area (Å²) in [5, 5.41) is 2.93. The predicted octanol–water partition coefficient (Wildman–Crippen LogP) is 4.39. The van der Waals surface area contributed by atoms with Gasteiger partial charge in [-0.05, 0) is 55.2 Å². The van der Waals surface area contributed by atoms with Gasteiger partial charge in [-0.3, -0.25) is 9.10 Å². The van der Waals surface area contributed by atoms with E-state index in [0.717, 1.165) is 11.8 Å². The molecule has 0 aliphatic heterocycles. The van der Waals surface area contributed by atoms with Crippen molar-refractivity contribution < 1.29 is 17.9 Å². The third-order valence-electron chi connectivity index (χ3n) is 4.57. The lowest BCUT2D eigenvalue weighted by molar-refractivity contribution is -0.117. The number of hydrogen-bond donors (Lipinski definition) is 1. The van der Waals surface area contributed by atoms with E-state index in [1.54, 1.807) is 31.2 Å². The third-order valence-corrected chi connectivity index (χ3v) is 5.75. The van der Waals surface area contributed by atoms with Crippen molar-refractivity contribution in [1.29, 1.82) is 0 Å². The number of sulfonamides is 1. The highest BCUT2D eigenvalue weighted by molar-refractivity contribution is 7.92. The molecule has 0 heterocycles. The summed E-state index contributed by atoms with van der Waals surface area (Å²) in [7, 11) is -3.69. The van der Waals surface area contributed by atoms with E-state index < -0.39 is 16.1 Å². The topological polar surface area (TPSA) is 75.7 Å². The molecule has 0 aromatic heterocycles. The van der Waals surface area contributed by atoms with Crippen LogP contribution < -0.4 is 14.4 Å². The first kappa shape index (κ1) is 22.7. The van der Waals surface area contributed by atoms with Crippen LogP contribution in [0.4, 0.5) is 11.4 Å². The van der Waals surface area contributed by atoms with E-state index in [0.29, 0.717) is 30.2 Å². The molecular formula is C22H30N2O4S. The van der Waals surface area contributed by atoms with Gasteiger partial charge in [0.05, 0.1) is 18.6 Å². The minimum absolute atomic E-state index is 0.226. The minimum Gasteiger partial charge on any atom is -0.494 e. The Balaban J connectivity index is 2.37. The zero-order chi connectivity index (χ0) is 21.6. The molecular weight excluding hydrogens is 388 g/mol. The molecule has 1 N–H and O–H groups in total. The Morgan fingerprint density at radius 2 is 1.69 bits per heavy atom. The largest absolute Gasteiger partial charge is 0.494 e. The van der Waals surface area contributed by atoms with Crippen LogP contribution in [-0.2, 0) is 14.8 Å². The lowest BCUT2D eigenvalue weighted by atomic mass is 10.0. The Bertz CT molecular complexity index is 924. The molecule has 0 bridgehead atoms. The Kier molecular flexibility index (Phi) is 7.67. The van der Waals surface area contributed by atoms with Crippen LogP contribution in [0.15, 0.2) is 48.5 Å². The molecule has 1 amide bonds. The van der Waals surface area contributed by atoms with E-state index >= 15 is 0 Å². The smallest absolute Gasteiger partial charge is 0.248 e. The summed E-state index contributed by atoms with van der Waals surface area (Å²) in [5.41, 5.74) is 2.13. The Hall–Kier alpha value is -2.54. The second-order valence-electron chi connectivity index (χ2n) is 7.14. The fourth-order valence-electron chi connectivity index (χ4n) is 3.25. The Labute approximate surface area is 173 Å². The van der Waals surface area contributed by atoms with Crippen molar-refractivity contribution in [3.8, 4) is 5.75 Å². The first-order valence-corrected chi connectivity index (χ1v) is 11.7. The maximum Gasteiger partial charge on any atom is 0.248 e. The highest BCUT2D eigenvalue weighted by Crippen LogP contribution is 2.28. The van der Waals surface area contributed by atoms with Gasteiger partial charge >= 0.3 is 0 Å². The van der Waals surface area contributed by atoms with Crippen molar-refractivity contribution in [1.82, 2.24) is 0 Å². The normalized spacial score (nSPS) is 12.5. The lowest BCUT2D eigenvalue weighted by Crippen LogP contribution is -2.47. The number of para-hydroxylation sites is 1. The van der Waals surface area contributed by atoms with Gasteiger partial charge in [-0.25, -0.2) is 8.42 Å². The van der Waals surface area contributed by atoms with E-state index in [4.69, 9.17) is 4.74 Å². The zero-order valence-electron chi connectivity index (χ0n) is 17.7. The van der Waals surface area contributed by atoms with Crippen LogP contribution >= 0.6 is 0 Å². The monoisotopic (exact) mass is 418 g/mol. The first-order chi connectivity index (χ1) is 13.7. The average Bonchev–Trinajstić information content (AvgIpc) is 2.66. The van der Waals surface area contributed by atoms with Crippen molar-refractivity contribution in [2.24, 2.45) is 0 Å². The number of hydrogen-bond acceptors (Lipinski definition) is 4. The number of amides is 1. The van der Waals surface area contributed by atoms with Crippen LogP contribution in [0.3, 0.4) is 0 Å². The number of carbonyl (C=O) groups is 1. The average molecular weight is 419 g/mol. The van der Waals surface area contributed by atoms with E-state index in [2.05, 4.69) is 5.32 Å². The van der Waals surface area contributed by atoms with E-state index in [1.165, 1.54) is 4.31 Å². The maximum absolute atomic E-state index is 13.1. The molecule has 29 heavy (non-hydrogen) atoms. The summed E-state index contributed by atoms with van der Waals surface area (Å²) in [6, 6.07) is 13.4. The fourth-order valence-corrected chi connectivity index (χ4v) is 4.46. The van der Waals surface area contributed by atoms with Gasteiger partial charge in [-0.2, -0.15) is 0 Å². The number of rotatable bonds is 9. The molecule has 2 aromatic rings. The molecule has 0 saturated carbocycles. The van der Waals surface area contributed by atoms with Gasteiger partial charge in [-0.15, -0.1) is 0 Å². The van der Waals surface area contributed by atoms with Crippen molar-refractivity contribution in [3.05, 3.63) is 54.1 Å². The maximum atomic E-state index is 13.1. The van der Waals surface area contributed by atoms with Crippen molar-refractivity contribution in [3.63, 3.8) is 0 Å². The summed E-state index contributed by atoms with van der Waals surface area (Å²) in [4.78, 5) is 13.1.